The summed E-state index contributed by atoms with van der Waals surface area (Å²) in [6, 6.07) is 40.4. The van der Waals surface area contributed by atoms with Gasteiger partial charge >= 0.3 is 0 Å². The lowest BCUT2D eigenvalue weighted by atomic mass is 9.96. The fourth-order valence-electron chi connectivity index (χ4n) is 5.39. The van der Waals surface area contributed by atoms with Gasteiger partial charge in [0.2, 0.25) is 0 Å². The van der Waals surface area contributed by atoms with E-state index in [9.17, 15) is 0 Å². The molecule has 8 rings (SSSR count). The number of fused-ring (bicyclic) bond motifs is 4. The Morgan fingerprint density at radius 3 is 1.50 bits per heavy atom. The normalized spacial score (nSPS) is 11.5. The van der Waals surface area contributed by atoms with Crippen LogP contribution < -0.4 is 0 Å². The molecule has 0 bridgehead atoms. The first kappa shape index (κ1) is 22.4. The number of nitrogens with zero attached hydrogens (tertiary/aromatic N) is 5. The third kappa shape index (κ3) is 3.92. The Balaban J connectivity index is 1.33. The Hall–Kier alpha value is -5.55. The average molecular weight is 512 g/mol. The van der Waals surface area contributed by atoms with E-state index in [4.69, 9.17) is 4.98 Å². The molecule has 3 aromatic heterocycles. The van der Waals surface area contributed by atoms with Gasteiger partial charge in [-0.1, -0.05) is 60.7 Å². The molecule has 5 nitrogen and oxygen atoms in total. The highest BCUT2D eigenvalue weighted by atomic mass is 15.1. The molecule has 5 aromatic carbocycles. The summed E-state index contributed by atoms with van der Waals surface area (Å²) in [4.78, 5) is 5.12. The van der Waals surface area contributed by atoms with Crippen molar-refractivity contribution in [1.82, 2.24) is 25.4 Å². The van der Waals surface area contributed by atoms with E-state index in [0.29, 0.717) is 0 Å². The van der Waals surface area contributed by atoms with Gasteiger partial charge in [-0.05, 0) is 87.3 Å². The van der Waals surface area contributed by atoms with E-state index >= 15 is 0 Å². The zero-order valence-electron chi connectivity index (χ0n) is 21.4. The molecule has 5 heteroatoms. The van der Waals surface area contributed by atoms with Gasteiger partial charge in [0.25, 0.3) is 0 Å². The summed E-state index contributed by atoms with van der Waals surface area (Å²) in [5.74, 6) is 0. The maximum absolute atomic E-state index is 5.12. The maximum Gasteiger partial charge on any atom is 0.0936 e. The Bertz CT molecular complexity index is 2140. The summed E-state index contributed by atoms with van der Waals surface area (Å²) in [6.07, 6.45) is 3.43. The molecule has 0 aliphatic rings. The van der Waals surface area contributed by atoms with E-state index in [1.54, 1.807) is 12.4 Å². The summed E-state index contributed by atoms with van der Waals surface area (Å²) < 4.78 is 0. The fourth-order valence-corrected chi connectivity index (χ4v) is 5.39. The molecule has 186 valence electrons. The smallest absolute Gasteiger partial charge is 0.0936 e. The van der Waals surface area contributed by atoms with Gasteiger partial charge in [0, 0.05) is 21.9 Å². The average Bonchev–Trinajstić information content (AvgIpc) is 3.02. The molecule has 0 saturated carbocycles. The van der Waals surface area contributed by atoms with Crippen LogP contribution in [0.4, 0.5) is 0 Å². The molecule has 3 heterocycles. The zero-order valence-corrected chi connectivity index (χ0v) is 21.4. The highest BCUT2D eigenvalue weighted by molar-refractivity contribution is 6.00. The number of pyridine rings is 1. The van der Waals surface area contributed by atoms with Crippen molar-refractivity contribution in [2.24, 2.45) is 0 Å². The van der Waals surface area contributed by atoms with Crippen molar-refractivity contribution < 1.29 is 0 Å². The van der Waals surface area contributed by atoms with Crippen LogP contribution in [0.15, 0.2) is 128 Å². The molecule has 0 aliphatic heterocycles. The van der Waals surface area contributed by atoms with Gasteiger partial charge in [-0.15, -0.1) is 0 Å². The molecule has 0 aliphatic carbocycles. The van der Waals surface area contributed by atoms with Crippen LogP contribution >= 0.6 is 0 Å². The van der Waals surface area contributed by atoms with Crippen LogP contribution in [0.1, 0.15) is 0 Å². The highest BCUT2D eigenvalue weighted by Gasteiger charge is 2.12. The summed E-state index contributed by atoms with van der Waals surface area (Å²) in [6.45, 7) is 0. The first-order valence-electron chi connectivity index (χ1n) is 13.2. The largest absolute Gasteiger partial charge is 0.248 e. The molecule has 0 spiro atoms. The van der Waals surface area contributed by atoms with Gasteiger partial charge in [-0.2, -0.15) is 20.4 Å². The van der Waals surface area contributed by atoms with Crippen LogP contribution in [0, 0.1) is 0 Å². The van der Waals surface area contributed by atoms with E-state index in [0.717, 1.165) is 55.4 Å². The van der Waals surface area contributed by atoms with Crippen molar-refractivity contribution in [2.45, 2.75) is 0 Å². The summed E-state index contributed by atoms with van der Waals surface area (Å²) in [7, 11) is 0. The summed E-state index contributed by atoms with van der Waals surface area (Å²) in [5.41, 5.74) is 7.63. The number of hydrogen-bond acceptors (Lipinski definition) is 5. The van der Waals surface area contributed by atoms with Gasteiger partial charge in [0.05, 0.1) is 34.8 Å². The van der Waals surface area contributed by atoms with Crippen molar-refractivity contribution in [2.75, 3.05) is 0 Å². The maximum atomic E-state index is 5.12. The van der Waals surface area contributed by atoms with E-state index in [1.807, 2.05) is 12.1 Å². The van der Waals surface area contributed by atoms with Crippen LogP contribution in [0.3, 0.4) is 0 Å². The molecule has 8 aromatic rings. The minimum atomic E-state index is 0.840. The standard InChI is InChI=1S/C35H21N5/c1-2-4-25-16-30-17-27(8-7-26(30)15-24(25)3-1)31-20-32(28-9-5-22-11-13-36-39-34(22)18-28)38-33(21-31)29-10-6-23-12-14-37-40-35(23)19-29/h1-21H. The quantitative estimate of drug-likeness (QED) is 0.223. The second-order valence-corrected chi connectivity index (χ2v) is 10.00. The first-order chi connectivity index (χ1) is 19.8. The molecule has 0 fully saturated rings. The van der Waals surface area contributed by atoms with Crippen molar-refractivity contribution >= 4 is 43.4 Å². The molecule has 0 amide bonds. The lowest BCUT2D eigenvalue weighted by Crippen LogP contribution is -1.93. The van der Waals surface area contributed by atoms with Crippen LogP contribution in [-0.4, -0.2) is 25.4 Å². The van der Waals surface area contributed by atoms with E-state index in [-0.39, 0.29) is 0 Å². The second-order valence-electron chi connectivity index (χ2n) is 10.00. The predicted octanol–water partition coefficient (Wildman–Crippen LogP) is 8.28. The summed E-state index contributed by atoms with van der Waals surface area (Å²) in [5, 5.41) is 23.8. The molecular formula is C35H21N5. The second kappa shape index (κ2) is 9.03. The van der Waals surface area contributed by atoms with E-state index < -0.39 is 0 Å². The monoisotopic (exact) mass is 511 g/mol. The van der Waals surface area contributed by atoms with Crippen molar-refractivity contribution in [3.8, 4) is 33.6 Å². The zero-order chi connectivity index (χ0) is 26.5. The Kier molecular flexibility index (Phi) is 5.07. The molecule has 40 heavy (non-hydrogen) atoms. The summed E-state index contributed by atoms with van der Waals surface area (Å²) >= 11 is 0. The first-order valence-corrected chi connectivity index (χ1v) is 13.2. The van der Waals surface area contributed by atoms with Gasteiger partial charge in [-0.3, -0.25) is 0 Å². The number of benzene rings is 5. The Labute approximate surface area is 229 Å². The van der Waals surface area contributed by atoms with Crippen molar-refractivity contribution in [1.29, 1.82) is 0 Å². The van der Waals surface area contributed by atoms with Crippen LogP contribution in [0.2, 0.25) is 0 Å². The Morgan fingerprint density at radius 1 is 0.350 bits per heavy atom. The number of aromatic nitrogens is 5. The van der Waals surface area contributed by atoms with Gasteiger partial charge < -0.3 is 0 Å². The van der Waals surface area contributed by atoms with E-state index in [1.165, 1.54) is 21.5 Å². The topological polar surface area (TPSA) is 64.5 Å². The molecular weight excluding hydrogens is 490 g/mol. The minimum absolute atomic E-state index is 0.840. The number of rotatable bonds is 3. The van der Waals surface area contributed by atoms with Gasteiger partial charge in [0.15, 0.2) is 0 Å². The van der Waals surface area contributed by atoms with Gasteiger partial charge in [-0.25, -0.2) is 4.98 Å². The predicted molar refractivity (Wildman–Crippen MR) is 162 cm³/mol. The van der Waals surface area contributed by atoms with Crippen molar-refractivity contribution in [3.05, 3.63) is 128 Å². The Morgan fingerprint density at radius 2 is 0.875 bits per heavy atom. The van der Waals surface area contributed by atoms with Crippen molar-refractivity contribution in [3.63, 3.8) is 0 Å². The lowest BCUT2D eigenvalue weighted by molar-refractivity contribution is 1.08. The SMILES string of the molecule is c1ccc2cc3cc(-c4cc(-c5ccc6ccnnc6c5)nc(-c5ccc6ccnnc6c5)c4)ccc3cc2c1. The van der Waals surface area contributed by atoms with Crippen LogP contribution in [0.5, 0.6) is 0 Å². The van der Waals surface area contributed by atoms with Crippen LogP contribution in [0.25, 0.3) is 77.0 Å². The fraction of sp³-hybridized carbons (Fsp3) is 0. The number of hydrogen-bond donors (Lipinski definition) is 0. The lowest BCUT2D eigenvalue weighted by Gasteiger charge is -2.12. The molecule has 0 atom stereocenters. The highest BCUT2D eigenvalue weighted by Crippen LogP contribution is 2.34. The molecule has 0 saturated heterocycles. The third-order valence-electron chi connectivity index (χ3n) is 7.49. The van der Waals surface area contributed by atoms with E-state index in [2.05, 4.69) is 124 Å². The molecule has 0 unspecified atom stereocenters. The molecule has 0 radical (unpaired) electrons. The van der Waals surface area contributed by atoms with Crippen LogP contribution in [-0.2, 0) is 0 Å². The minimum Gasteiger partial charge on any atom is -0.248 e. The molecule has 0 N–H and O–H groups in total. The third-order valence-corrected chi connectivity index (χ3v) is 7.49. The van der Waals surface area contributed by atoms with Gasteiger partial charge in [0.1, 0.15) is 0 Å².